The number of methoxy groups -OCH3 is 1. The molecule has 0 radical (unpaired) electrons. The van der Waals surface area contributed by atoms with Gasteiger partial charge in [0.1, 0.15) is 5.82 Å². The highest BCUT2D eigenvalue weighted by atomic mass is 16.5. The summed E-state index contributed by atoms with van der Waals surface area (Å²) in [7, 11) is 7.47. The van der Waals surface area contributed by atoms with Crippen molar-refractivity contribution >= 4 is 22.7 Å². The van der Waals surface area contributed by atoms with Crippen LogP contribution in [0.15, 0.2) is 35.3 Å². The summed E-state index contributed by atoms with van der Waals surface area (Å²) in [5.41, 5.74) is 2.18. The van der Waals surface area contributed by atoms with Crippen molar-refractivity contribution in [3.05, 3.63) is 35.9 Å². The fourth-order valence-electron chi connectivity index (χ4n) is 2.51. The van der Waals surface area contributed by atoms with Crippen molar-refractivity contribution in [3.8, 4) is 0 Å². The van der Waals surface area contributed by atoms with E-state index >= 15 is 0 Å². The lowest BCUT2D eigenvalue weighted by Crippen LogP contribution is -2.43. The number of benzene rings is 1. The molecule has 1 atom stereocenters. The minimum absolute atomic E-state index is 0.188. The van der Waals surface area contributed by atoms with Gasteiger partial charge in [0.2, 0.25) is 0 Å². The second-order valence-corrected chi connectivity index (χ2v) is 5.98. The zero-order valence-electron chi connectivity index (χ0n) is 15.1. The molecule has 0 aliphatic carbocycles. The van der Waals surface area contributed by atoms with Crippen LogP contribution in [0.5, 0.6) is 0 Å². The molecule has 0 aliphatic heterocycles. The van der Waals surface area contributed by atoms with Gasteiger partial charge in [0.05, 0.1) is 12.1 Å². The summed E-state index contributed by atoms with van der Waals surface area (Å²) in [6.45, 7) is 3.36. The molecule has 0 saturated heterocycles. The van der Waals surface area contributed by atoms with Crippen LogP contribution in [0.25, 0.3) is 10.9 Å². The first-order valence-corrected chi connectivity index (χ1v) is 8.07. The summed E-state index contributed by atoms with van der Waals surface area (Å²) in [6, 6.07) is 10.5. The van der Waals surface area contributed by atoms with Gasteiger partial charge in [-0.25, -0.2) is 4.98 Å². The van der Waals surface area contributed by atoms with E-state index in [9.17, 15) is 0 Å². The predicted octanol–water partition coefficient (Wildman–Crippen LogP) is 2.00. The van der Waals surface area contributed by atoms with E-state index in [0.29, 0.717) is 13.2 Å². The molecular formula is C18H27N5O. The SMILES string of the molecule is CN=C(NCc1cc(N(C)C)nc2ccccc12)NC(C)COC. The summed E-state index contributed by atoms with van der Waals surface area (Å²) in [5.74, 6) is 1.70. The van der Waals surface area contributed by atoms with Crippen molar-refractivity contribution in [2.45, 2.75) is 19.5 Å². The molecule has 24 heavy (non-hydrogen) atoms. The van der Waals surface area contributed by atoms with Crippen LogP contribution in [0.4, 0.5) is 5.82 Å². The number of ether oxygens (including phenoxy) is 1. The monoisotopic (exact) mass is 329 g/mol. The molecule has 2 N–H and O–H groups in total. The molecule has 0 bridgehead atoms. The van der Waals surface area contributed by atoms with Crippen molar-refractivity contribution in [3.63, 3.8) is 0 Å². The molecule has 0 amide bonds. The molecular weight excluding hydrogens is 302 g/mol. The lowest BCUT2D eigenvalue weighted by molar-refractivity contribution is 0.179. The maximum Gasteiger partial charge on any atom is 0.191 e. The fraction of sp³-hybridized carbons (Fsp3) is 0.444. The van der Waals surface area contributed by atoms with Crippen molar-refractivity contribution < 1.29 is 4.74 Å². The van der Waals surface area contributed by atoms with E-state index in [0.717, 1.165) is 22.7 Å². The quantitative estimate of drug-likeness (QED) is 0.627. The molecule has 0 aliphatic rings. The minimum atomic E-state index is 0.188. The Balaban J connectivity index is 2.19. The first-order valence-electron chi connectivity index (χ1n) is 8.07. The number of guanidine groups is 1. The third-order valence-corrected chi connectivity index (χ3v) is 3.72. The molecule has 0 saturated carbocycles. The van der Waals surface area contributed by atoms with Crippen LogP contribution in [-0.2, 0) is 11.3 Å². The number of hydrogen-bond acceptors (Lipinski definition) is 4. The smallest absolute Gasteiger partial charge is 0.191 e. The average molecular weight is 329 g/mol. The number of aliphatic imine (C=N–C) groups is 1. The first kappa shape index (κ1) is 18.0. The number of para-hydroxylation sites is 1. The third kappa shape index (κ3) is 4.58. The Kier molecular flexibility index (Phi) is 6.37. The highest BCUT2D eigenvalue weighted by molar-refractivity contribution is 5.85. The van der Waals surface area contributed by atoms with Gasteiger partial charge in [-0.05, 0) is 24.6 Å². The van der Waals surface area contributed by atoms with Gasteiger partial charge in [0, 0.05) is 46.2 Å². The summed E-state index contributed by atoms with van der Waals surface area (Å²) < 4.78 is 5.15. The van der Waals surface area contributed by atoms with Crippen molar-refractivity contribution in [2.75, 3.05) is 39.8 Å². The number of anilines is 1. The summed E-state index contributed by atoms with van der Waals surface area (Å²) >= 11 is 0. The van der Waals surface area contributed by atoms with E-state index in [1.165, 1.54) is 5.56 Å². The highest BCUT2D eigenvalue weighted by Gasteiger charge is 2.09. The standard InChI is InChI=1S/C18H27N5O/c1-13(12-24-5)21-18(19-2)20-11-14-10-17(23(3)4)22-16-9-7-6-8-15(14)16/h6-10,13H,11-12H2,1-5H3,(H2,19,20,21). The lowest BCUT2D eigenvalue weighted by atomic mass is 10.1. The Morgan fingerprint density at radius 2 is 2.08 bits per heavy atom. The number of rotatable bonds is 6. The van der Waals surface area contributed by atoms with Gasteiger partial charge < -0.3 is 20.3 Å². The summed E-state index contributed by atoms with van der Waals surface area (Å²) in [5, 5.41) is 7.83. The van der Waals surface area contributed by atoms with Gasteiger partial charge in [0.25, 0.3) is 0 Å². The molecule has 0 fully saturated rings. The number of hydrogen-bond donors (Lipinski definition) is 2. The number of aromatic nitrogens is 1. The Morgan fingerprint density at radius 3 is 2.75 bits per heavy atom. The largest absolute Gasteiger partial charge is 0.383 e. The van der Waals surface area contributed by atoms with E-state index < -0.39 is 0 Å². The molecule has 0 spiro atoms. The Morgan fingerprint density at radius 1 is 1.33 bits per heavy atom. The van der Waals surface area contributed by atoms with Gasteiger partial charge >= 0.3 is 0 Å². The van der Waals surface area contributed by atoms with E-state index in [4.69, 9.17) is 9.72 Å². The Bertz CT molecular complexity index is 699. The van der Waals surface area contributed by atoms with E-state index in [1.54, 1.807) is 14.2 Å². The van der Waals surface area contributed by atoms with Gasteiger partial charge in [-0.1, -0.05) is 18.2 Å². The lowest BCUT2D eigenvalue weighted by Gasteiger charge is -2.19. The average Bonchev–Trinajstić information content (AvgIpc) is 2.58. The highest BCUT2D eigenvalue weighted by Crippen LogP contribution is 2.21. The fourth-order valence-corrected chi connectivity index (χ4v) is 2.51. The van der Waals surface area contributed by atoms with Crippen LogP contribution >= 0.6 is 0 Å². The molecule has 130 valence electrons. The first-order chi connectivity index (χ1) is 11.5. The number of fused-ring (bicyclic) bond motifs is 1. The van der Waals surface area contributed by atoms with Gasteiger partial charge in [0.15, 0.2) is 5.96 Å². The molecule has 6 heteroatoms. The number of nitrogens with one attached hydrogen (secondary N) is 2. The Hall–Kier alpha value is -2.34. The Labute approximate surface area is 143 Å². The van der Waals surface area contributed by atoms with Crippen molar-refractivity contribution in [2.24, 2.45) is 4.99 Å². The maximum atomic E-state index is 5.15. The molecule has 1 unspecified atom stereocenters. The molecule has 1 aromatic carbocycles. The molecule has 2 rings (SSSR count). The van der Waals surface area contributed by atoms with Crippen LogP contribution < -0.4 is 15.5 Å². The van der Waals surface area contributed by atoms with Crippen LogP contribution in [-0.4, -0.2) is 51.8 Å². The van der Waals surface area contributed by atoms with E-state index in [2.05, 4.69) is 34.7 Å². The molecule has 1 aromatic heterocycles. The summed E-state index contributed by atoms with van der Waals surface area (Å²) in [4.78, 5) is 11.0. The van der Waals surface area contributed by atoms with Crippen LogP contribution in [0.1, 0.15) is 12.5 Å². The van der Waals surface area contributed by atoms with Crippen LogP contribution in [0, 0.1) is 0 Å². The zero-order chi connectivity index (χ0) is 17.5. The van der Waals surface area contributed by atoms with Crippen molar-refractivity contribution in [1.29, 1.82) is 0 Å². The van der Waals surface area contributed by atoms with Crippen LogP contribution in [0.2, 0.25) is 0 Å². The van der Waals surface area contributed by atoms with Gasteiger partial charge in [-0.3, -0.25) is 4.99 Å². The van der Waals surface area contributed by atoms with Crippen LogP contribution in [0.3, 0.4) is 0 Å². The minimum Gasteiger partial charge on any atom is -0.383 e. The topological polar surface area (TPSA) is 61.8 Å². The van der Waals surface area contributed by atoms with E-state index in [-0.39, 0.29) is 6.04 Å². The normalized spacial score (nSPS) is 13.0. The molecule has 1 heterocycles. The zero-order valence-corrected chi connectivity index (χ0v) is 15.1. The molecule has 6 nitrogen and oxygen atoms in total. The van der Waals surface area contributed by atoms with Gasteiger partial charge in [-0.15, -0.1) is 0 Å². The third-order valence-electron chi connectivity index (χ3n) is 3.72. The van der Waals surface area contributed by atoms with E-state index in [1.807, 2.05) is 37.2 Å². The predicted molar refractivity (Wildman–Crippen MR) is 101 cm³/mol. The van der Waals surface area contributed by atoms with Crippen molar-refractivity contribution in [1.82, 2.24) is 15.6 Å². The number of pyridine rings is 1. The number of nitrogens with zero attached hydrogens (tertiary/aromatic N) is 3. The molecule has 2 aromatic rings. The maximum absolute atomic E-state index is 5.15. The second kappa shape index (κ2) is 8.49. The van der Waals surface area contributed by atoms with Gasteiger partial charge in [-0.2, -0.15) is 0 Å². The second-order valence-electron chi connectivity index (χ2n) is 5.98. The summed E-state index contributed by atoms with van der Waals surface area (Å²) in [6.07, 6.45) is 0.